The average Bonchev–Trinajstić information content (AvgIpc) is 2.66. The molecule has 3 heteroatoms. The maximum atomic E-state index is 12.3. The lowest BCUT2D eigenvalue weighted by Gasteiger charge is -2.19. The number of rotatable bonds is 6. The number of amides is 1. The zero-order valence-electron chi connectivity index (χ0n) is 14.3. The van der Waals surface area contributed by atoms with E-state index in [0.717, 1.165) is 16.8 Å². The second-order valence-electron chi connectivity index (χ2n) is 6.05. The fourth-order valence-corrected chi connectivity index (χ4v) is 2.76. The molecule has 0 aromatic heterocycles. The van der Waals surface area contributed by atoms with Crippen LogP contribution in [0.3, 0.4) is 0 Å². The summed E-state index contributed by atoms with van der Waals surface area (Å²) < 4.78 is 0. The highest BCUT2D eigenvalue weighted by Gasteiger charge is 2.14. The van der Waals surface area contributed by atoms with Crippen molar-refractivity contribution in [2.75, 3.05) is 11.9 Å². The third-order valence-electron chi connectivity index (χ3n) is 4.07. The minimum absolute atomic E-state index is 0.0221. The van der Waals surface area contributed by atoms with Crippen LogP contribution in [0.1, 0.15) is 22.7 Å². The van der Waals surface area contributed by atoms with E-state index in [2.05, 4.69) is 34.9 Å². The molecule has 0 heterocycles. The molecular weight excluding hydrogens is 308 g/mol. The van der Waals surface area contributed by atoms with Crippen LogP contribution in [0.15, 0.2) is 84.9 Å². The van der Waals surface area contributed by atoms with Gasteiger partial charge in [-0.05, 0) is 30.2 Å². The number of carbonyl (C=O) groups excluding carboxylic acids is 1. The largest absolute Gasteiger partial charge is 0.325 e. The number of anilines is 1. The number of benzene rings is 3. The normalized spacial score (nSPS) is 10.6. The Labute approximate surface area is 148 Å². The van der Waals surface area contributed by atoms with Gasteiger partial charge in [-0.15, -0.1) is 0 Å². The Morgan fingerprint density at radius 2 is 1.32 bits per heavy atom. The number of hydrogen-bond donors (Lipinski definition) is 2. The van der Waals surface area contributed by atoms with Gasteiger partial charge in [0, 0.05) is 5.69 Å². The zero-order chi connectivity index (χ0) is 17.5. The van der Waals surface area contributed by atoms with Crippen molar-refractivity contribution in [2.24, 2.45) is 0 Å². The number of aryl methyl sites for hydroxylation is 1. The van der Waals surface area contributed by atoms with Gasteiger partial charge in [0.1, 0.15) is 0 Å². The van der Waals surface area contributed by atoms with Crippen molar-refractivity contribution in [3.8, 4) is 0 Å². The van der Waals surface area contributed by atoms with Crippen LogP contribution in [0.2, 0.25) is 0 Å². The Balaban J connectivity index is 1.68. The molecule has 0 aliphatic rings. The lowest BCUT2D eigenvalue weighted by Crippen LogP contribution is -2.31. The van der Waals surface area contributed by atoms with E-state index in [0.29, 0.717) is 0 Å². The molecule has 0 atom stereocenters. The molecule has 0 saturated carbocycles. The standard InChI is InChI=1S/C22H22N2O/c1-17-12-14-20(15-13-17)24-21(25)16-23-22(18-8-4-2-5-9-18)19-10-6-3-7-11-19/h2-15,22-23H,16H2,1H3,(H,24,25). The fraction of sp³-hybridized carbons (Fsp3) is 0.136. The maximum absolute atomic E-state index is 12.3. The predicted molar refractivity (Wildman–Crippen MR) is 103 cm³/mol. The first-order valence-corrected chi connectivity index (χ1v) is 8.42. The Morgan fingerprint density at radius 3 is 1.84 bits per heavy atom. The van der Waals surface area contributed by atoms with Crippen molar-refractivity contribution in [2.45, 2.75) is 13.0 Å². The predicted octanol–water partition coefficient (Wildman–Crippen LogP) is 4.31. The van der Waals surface area contributed by atoms with Gasteiger partial charge in [0.05, 0.1) is 12.6 Å². The second-order valence-corrected chi connectivity index (χ2v) is 6.05. The van der Waals surface area contributed by atoms with E-state index >= 15 is 0 Å². The van der Waals surface area contributed by atoms with Crippen molar-refractivity contribution >= 4 is 11.6 Å². The van der Waals surface area contributed by atoms with Gasteiger partial charge in [-0.2, -0.15) is 0 Å². The highest BCUT2D eigenvalue weighted by molar-refractivity contribution is 5.92. The number of carbonyl (C=O) groups is 1. The first kappa shape index (κ1) is 16.9. The van der Waals surface area contributed by atoms with Crippen molar-refractivity contribution in [3.63, 3.8) is 0 Å². The number of nitrogens with one attached hydrogen (secondary N) is 2. The van der Waals surface area contributed by atoms with Crippen LogP contribution in [0.25, 0.3) is 0 Å². The Bertz CT molecular complexity index is 759. The third-order valence-corrected chi connectivity index (χ3v) is 4.07. The third kappa shape index (κ3) is 4.78. The molecule has 3 rings (SSSR count). The smallest absolute Gasteiger partial charge is 0.238 e. The molecule has 0 fully saturated rings. The van der Waals surface area contributed by atoms with Crippen molar-refractivity contribution in [1.29, 1.82) is 0 Å². The van der Waals surface area contributed by atoms with E-state index in [1.807, 2.05) is 67.6 Å². The molecular formula is C22H22N2O. The van der Waals surface area contributed by atoms with Gasteiger partial charge in [0.15, 0.2) is 0 Å². The Morgan fingerprint density at radius 1 is 0.800 bits per heavy atom. The van der Waals surface area contributed by atoms with E-state index in [4.69, 9.17) is 0 Å². The van der Waals surface area contributed by atoms with Crippen molar-refractivity contribution < 1.29 is 4.79 Å². The first-order valence-electron chi connectivity index (χ1n) is 8.42. The summed E-state index contributed by atoms with van der Waals surface area (Å²) in [6.45, 7) is 2.26. The minimum atomic E-state index is -0.0549. The van der Waals surface area contributed by atoms with E-state index in [9.17, 15) is 4.79 Å². The van der Waals surface area contributed by atoms with Crippen LogP contribution >= 0.6 is 0 Å². The molecule has 0 aliphatic heterocycles. The van der Waals surface area contributed by atoms with Crippen molar-refractivity contribution in [3.05, 3.63) is 102 Å². The van der Waals surface area contributed by atoms with E-state index in [1.165, 1.54) is 5.56 Å². The molecule has 25 heavy (non-hydrogen) atoms. The van der Waals surface area contributed by atoms with E-state index in [-0.39, 0.29) is 18.5 Å². The second kappa shape index (κ2) is 8.27. The van der Waals surface area contributed by atoms with Crippen molar-refractivity contribution in [1.82, 2.24) is 5.32 Å². The van der Waals surface area contributed by atoms with Gasteiger partial charge in [-0.25, -0.2) is 0 Å². The molecule has 0 spiro atoms. The molecule has 0 aliphatic carbocycles. The molecule has 3 nitrogen and oxygen atoms in total. The molecule has 2 N–H and O–H groups in total. The fourth-order valence-electron chi connectivity index (χ4n) is 2.76. The average molecular weight is 330 g/mol. The molecule has 0 bridgehead atoms. The summed E-state index contributed by atoms with van der Waals surface area (Å²) in [7, 11) is 0. The summed E-state index contributed by atoms with van der Waals surface area (Å²) in [6, 6.07) is 28.1. The molecule has 3 aromatic carbocycles. The van der Waals surface area contributed by atoms with E-state index < -0.39 is 0 Å². The summed E-state index contributed by atoms with van der Waals surface area (Å²) >= 11 is 0. The molecule has 126 valence electrons. The van der Waals surface area contributed by atoms with Crippen LogP contribution in [0.4, 0.5) is 5.69 Å². The Kier molecular flexibility index (Phi) is 5.60. The monoisotopic (exact) mass is 330 g/mol. The highest BCUT2D eigenvalue weighted by atomic mass is 16.1. The van der Waals surface area contributed by atoms with Crippen LogP contribution in [0.5, 0.6) is 0 Å². The molecule has 0 radical (unpaired) electrons. The van der Waals surface area contributed by atoms with E-state index in [1.54, 1.807) is 0 Å². The van der Waals surface area contributed by atoms with Crippen LogP contribution in [-0.2, 0) is 4.79 Å². The zero-order valence-corrected chi connectivity index (χ0v) is 14.3. The Hall–Kier alpha value is -2.91. The summed E-state index contributed by atoms with van der Waals surface area (Å²) in [5, 5.41) is 6.30. The van der Waals surface area contributed by atoms with Gasteiger partial charge >= 0.3 is 0 Å². The topological polar surface area (TPSA) is 41.1 Å². The number of hydrogen-bond acceptors (Lipinski definition) is 2. The molecule has 0 unspecified atom stereocenters. The minimum Gasteiger partial charge on any atom is -0.325 e. The highest BCUT2D eigenvalue weighted by Crippen LogP contribution is 2.21. The maximum Gasteiger partial charge on any atom is 0.238 e. The molecule has 0 saturated heterocycles. The quantitative estimate of drug-likeness (QED) is 0.707. The lowest BCUT2D eigenvalue weighted by molar-refractivity contribution is -0.115. The van der Waals surface area contributed by atoms with Gasteiger partial charge in [-0.3, -0.25) is 10.1 Å². The summed E-state index contributed by atoms with van der Waals surface area (Å²) in [6.07, 6.45) is 0. The first-order chi connectivity index (χ1) is 12.2. The van der Waals surface area contributed by atoms with Gasteiger partial charge in [0.2, 0.25) is 5.91 Å². The summed E-state index contributed by atoms with van der Waals surface area (Å²) in [5.74, 6) is -0.0549. The lowest BCUT2D eigenvalue weighted by atomic mass is 9.99. The van der Waals surface area contributed by atoms with Gasteiger partial charge in [0.25, 0.3) is 0 Å². The molecule has 1 amide bonds. The molecule has 3 aromatic rings. The van der Waals surface area contributed by atoms with Crippen LogP contribution < -0.4 is 10.6 Å². The van der Waals surface area contributed by atoms with Crippen LogP contribution in [0, 0.1) is 6.92 Å². The SMILES string of the molecule is Cc1ccc(NC(=O)CNC(c2ccccc2)c2ccccc2)cc1. The van der Waals surface area contributed by atoms with Gasteiger partial charge in [-0.1, -0.05) is 78.4 Å². The summed E-state index contributed by atoms with van der Waals surface area (Å²) in [5.41, 5.74) is 4.26. The summed E-state index contributed by atoms with van der Waals surface area (Å²) in [4.78, 5) is 12.3. The van der Waals surface area contributed by atoms with Gasteiger partial charge < -0.3 is 5.32 Å². The van der Waals surface area contributed by atoms with Crippen LogP contribution in [-0.4, -0.2) is 12.5 Å².